The second-order valence-corrected chi connectivity index (χ2v) is 6.82. The maximum atomic E-state index is 12.4. The largest absolute Gasteiger partial charge is 0.243 e. The van der Waals surface area contributed by atoms with E-state index in [4.69, 9.17) is 11.6 Å². The maximum absolute atomic E-state index is 12.4. The third-order valence-corrected chi connectivity index (χ3v) is 5.28. The molecule has 1 rings (SSSR count). The van der Waals surface area contributed by atoms with Crippen molar-refractivity contribution in [2.75, 3.05) is 13.6 Å². The fourth-order valence-corrected chi connectivity index (χ4v) is 3.52. The Bertz CT molecular complexity index is 488. The average Bonchev–Trinajstić information content (AvgIpc) is 2.38. The molecule has 1 unspecified atom stereocenters. The molecule has 0 amide bonds. The van der Waals surface area contributed by atoms with E-state index in [1.807, 2.05) is 6.92 Å². The SMILES string of the molecule is CCC(C)CN(C)S(=O)(=O)c1ccccc1CCl. The van der Waals surface area contributed by atoms with Gasteiger partial charge in [-0.1, -0.05) is 38.5 Å². The summed E-state index contributed by atoms with van der Waals surface area (Å²) in [5, 5.41) is 0. The second-order valence-electron chi connectivity index (χ2n) is 4.54. The zero-order valence-corrected chi connectivity index (χ0v) is 12.6. The summed E-state index contributed by atoms with van der Waals surface area (Å²) in [6.45, 7) is 4.62. The Morgan fingerprint density at radius 1 is 1.33 bits per heavy atom. The summed E-state index contributed by atoms with van der Waals surface area (Å²) in [5.74, 6) is 0.542. The van der Waals surface area contributed by atoms with Crippen molar-refractivity contribution in [3.63, 3.8) is 0 Å². The van der Waals surface area contributed by atoms with Gasteiger partial charge in [0, 0.05) is 19.5 Å². The first-order chi connectivity index (χ1) is 8.43. The van der Waals surface area contributed by atoms with Crippen LogP contribution in [-0.4, -0.2) is 26.3 Å². The van der Waals surface area contributed by atoms with Crippen LogP contribution >= 0.6 is 11.6 Å². The number of benzene rings is 1. The van der Waals surface area contributed by atoms with Gasteiger partial charge in [-0.15, -0.1) is 11.6 Å². The molecule has 0 radical (unpaired) electrons. The van der Waals surface area contributed by atoms with Crippen LogP contribution in [0.3, 0.4) is 0 Å². The van der Waals surface area contributed by atoms with Crippen LogP contribution in [0, 0.1) is 5.92 Å². The molecule has 3 nitrogen and oxygen atoms in total. The predicted octanol–water partition coefficient (Wildman–Crippen LogP) is 3.09. The molecule has 102 valence electrons. The van der Waals surface area contributed by atoms with Crippen LogP contribution in [0.2, 0.25) is 0 Å². The van der Waals surface area contributed by atoms with Crippen LogP contribution in [-0.2, 0) is 15.9 Å². The van der Waals surface area contributed by atoms with Crippen LogP contribution < -0.4 is 0 Å². The summed E-state index contributed by atoms with van der Waals surface area (Å²) in [6, 6.07) is 6.88. The summed E-state index contributed by atoms with van der Waals surface area (Å²) in [7, 11) is -1.82. The predicted molar refractivity (Wildman–Crippen MR) is 75.3 cm³/mol. The smallest absolute Gasteiger partial charge is 0.207 e. The summed E-state index contributed by atoms with van der Waals surface area (Å²) in [5.41, 5.74) is 0.648. The number of halogens is 1. The van der Waals surface area contributed by atoms with Crippen LogP contribution in [0.1, 0.15) is 25.8 Å². The van der Waals surface area contributed by atoms with Gasteiger partial charge in [-0.3, -0.25) is 0 Å². The van der Waals surface area contributed by atoms with E-state index in [0.29, 0.717) is 22.9 Å². The van der Waals surface area contributed by atoms with Gasteiger partial charge in [0.1, 0.15) is 0 Å². The molecule has 1 aromatic rings. The molecular formula is C13H20ClNO2S. The lowest BCUT2D eigenvalue weighted by Crippen LogP contribution is -2.31. The molecule has 0 aliphatic heterocycles. The van der Waals surface area contributed by atoms with Crippen molar-refractivity contribution in [2.24, 2.45) is 5.92 Å². The highest BCUT2D eigenvalue weighted by atomic mass is 35.5. The molecular weight excluding hydrogens is 270 g/mol. The van der Waals surface area contributed by atoms with Crippen molar-refractivity contribution in [2.45, 2.75) is 31.0 Å². The molecule has 0 saturated heterocycles. The third kappa shape index (κ3) is 3.46. The highest BCUT2D eigenvalue weighted by Crippen LogP contribution is 2.21. The quantitative estimate of drug-likeness (QED) is 0.755. The fraction of sp³-hybridized carbons (Fsp3) is 0.538. The molecule has 0 aromatic heterocycles. The Kier molecular flexibility index (Phi) is 5.63. The van der Waals surface area contributed by atoms with E-state index in [-0.39, 0.29) is 5.88 Å². The van der Waals surface area contributed by atoms with Gasteiger partial charge in [0.05, 0.1) is 4.90 Å². The van der Waals surface area contributed by atoms with Crippen molar-refractivity contribution < 1.29 is 8.42 Å². The van der Waals surface area contributed by atoms with Gasteiger partial charge < -0.3 is 0 Å². The Labute approximate surface area is 115 Å². The van der Waals surface area contributed by atoms with Crippen LogP contribution in [0.15, 0.2) is 29.2 Å². The highest BCUT2D eigenvalue weighted by molar-refractivity contribution is 7.89. The van der Waals surface area contributed by atoms with Crippen LogP contribution in [0.25, 0.3) is 0 Å². The molecule has 0 heterocycles. The molecule has 0 N–H and O–H groups in total. The fourth-order valence-electron chi connectivity index (χ4n) is 1.70. The van der Waals surface area contributed by atoms with Crippen LogP contribution in [0.5, 0.6) is 0 Å². The van der Waals surface area contributed by atoms with E-state index in [0.717, 1.165) is 6.42 Å². The number of alkyl halides is 1. The molecule has 0 aliphatic carbocycles. The minimum atomic E-state index is -3.44. The van der Waals surface area contributed by atoms with E-state index in [2.05, 4.69) is 6.92 Å². The Morgan fingerprint density at radius 2 is 1.94 bits per heavy atom. The monoisotopic (exact) mass is 289 g/mol. The van der Waals surface area contributed by atoms with E-state index in [1.54, 1.807) is 31.3 Å². The van der Waals surface area contributed by atoms with Crippen molar-refractivity contribution >= 4 is 21.6 Å². The molecule has 1 atom stereocenters. The molecule has 1 aromatic carbocycles. The molecule has 18 heavy (non-hydrogen) atoms. The number of sulfonamides is 1. The number of rotatable bonds is 6. The molecule has 5 heteroatoms. The molecule has 0 saturated carbocycles. The lowest BCUT2D eigenvalue weighted by atomic mass is 10.1. The maximum Gasteiger partial charge on any atom is 0.243 e. The topological polar surface area (TPSA) is 37.4 Å². The van der Waals surface area contributed by atoms with Crippen molar-refractivity contribution in [1.82, 2.24) is 4.31 Å². The van der Waals surface area contributed by atoms with Gasteiger partial charge in [-0.05, 0) is 17.5 Å². The second kappa shape index (κ2) is 6.55. The van der Waals surface area contributed by atoms with Gasteiger partial charge in [-0.25, -0.2) is 12.7 Å². The summed E-state index contributed by atoms with van der Waals surface area (Å²) in [6.07, 6.45) is 0.955. The Hall–Kier alpha value is -0.580. The summed E-state index contributed by atoms with van der Waals surface area (Å²) in [4.78, 5) is 0.311. The van der Waals surface area contributed by atoms with Gasteiger partial charge in [0.25, 0.3) is 0 Å². The minimum absolute atomic E-state index is 0.201. The summed E-state index contributed by atoms with van der Waals surface area (Å²) >= 11 is 5.79. The lowest BCUT2D eigenvalue weighted by molar-refractivity contribution is 0.393. The first kappa shape index (κ1) is 15.5. The van der Waals surface area contributed by atoms with Gasteiger partial charge in [-0.2, -0.15) is 0 Å². The molecule has 0 bridgehead atoms. The Morgan fingerprint density at radius 3 is 2.50 bits per heavy atom. The normalized spacial score (nSPS) is 13.8. The molecule has 0 spiro atoms. The van der Waals surface area contributed by atoms with Gasteiger partial charge in [0.2, 0.25) is 10.0 Å². The van der Waals surface area contributed by atoms with Crippen LogP contribution in [0.4, 0.5) is 0 Å². The number of hydrogen-bond acceptors (Lipinski definition) is 2. The highest BCUT2D eigenvalue weighted by Gasteiger charge is 2.24. The van der Waals surface area contributed by atoms with Gasteiger partial charge >= 0.3 is 0 Å². The average molecular weight is 290 g/mol. The zero-order chi connectivity index (χ0) is 13.8. The standard InChI is InChI=1S/C13H20ClNO2S/c1-4-11(2)10-15(3)18(16,17)13-8-6-5-7-12(13)9-14/h5-8,11H,4,9-10H2,1-3H3. The van der Waals surface area contributed by atoms with E-state index in [1.165, 1.54) is 4.31 Å². The zero-order valence-electron chi connectivity index (χ0n) is 11.1. The molecule has 0 fully saturated rings. The van der Waals surface area contributed by atoms with Gasteiger partial charge in [0.15, 0.2) is 0 Å². The van der Waals surface area contributed by atoms with E-state index >= 15 is 0 Å². The minimum Gasteiger partial charge on any atom is -0.207 e. The van der Waals surface area contributed by atoms with Crippen molar-refractivity contribution in [3.8, 4) is 0 Å². The first-order valence-electron chi connectivity index (χ1n) is 6.03. The number of nitrogens with zero attached hydrogens (tertiary/aromatic N) is 1. The Balaban J connectivity index is 3.05. The lowest BCUT2D eigenvalue weighted by Gasteiger charge is -2.21. The van der Waals surface area contributed by atoms with Crippen molar-refractivity contribution in [3.05, 3.63) is 29.8 Å². The first-order valence-corrected chi connectivity index (χ1v) is 8.01. The third-order valence-electron chi connectivity index (χ3n) is 3.07. The van der Waals surface area contributed by atoms with E-state index in [9.17, 15) is 8.42 Å². The number of hydrogen-bond donors (Lipinski definition) is 0. The summed E-state index contributed by atoms with van der Waals surface area (Å²) < 4.78 is 26.3. The van der Waals surface area contributed by atoms with E-state index < -0.39 is 10.0 Å². The molecule has 0 aliphatic rings. The van der Waals surface area contributed by atoms with Crippen molar-refractivity contribution in [1.29, 1.82) is 0 Å².